The fourth-order valence-corrected chi connectivity index (χ4v) is 3.94. The van der Waals surface area contributed by atoms with Crippen LogP contribution in [0.3, 0.4) is 0 Å². The fraction of sp³-hybridized carbons (Fsp3) is 0.458. The zero-order valence-corrected chi connectivity index (χ0v) is 20.9. The van der Waals surface area contributed by atoms with Crippen LogP contribution >= 0.6 is 24.0 Å². The topological polar surface area (TPSA) is 78.4 Å². The van der Waals surface area contributed by atoms with Crippen molar-refractivity contribution in [2.24, 2.45) is 10.9 Å². The lowest BCUT2D eigenvalue weighted by Crippen LogP contribution is -2.36. The van der Waals surface area contributed by atoms with Crippen molar-refractivity contribution in [1.82, 2.24) is 10.6 Å². The maximum absolute atomic E-state index is 9.32. The molecule has 0 bridgehead atoms. The first kappa shape index (κ1) is 24.4. The standard InChI is InChI=1S/C24H32N4O3.HI/c1-2-25-24(27-15-20-5-8-22-23(13-20)31-17-30-22)26-14-18-3-6-21(7-4-18)28-11-9-19(16-29)10-12-28;/h3-8,13,19,29H,2,9-12,14-17H2,1H3,(H2,25,26,27);1H. The Labute approximate surface area is 207 Å². The maximum Gasteiger partial charge on any atom is 0.231 e. The van der Waals surface area contributed by atoms with Gasteiger partial charge in [-0.15, -0.1) is 24.0 Å². The molecule has 8 heteroatoms. The van der Waals surface area contributed by atoms with Gasteiger partial charge in [0, 0.05) is 38.5 Å². The van der Waals surface area contributed by atoms with Gasteiger partial charge in [0.05, 0.1) is 6.54 Å². The molecule has 2 heterocycles. The van der Waals surface area contributed by atoms with E-state index in [1.165, 1.54) is 11.3 Å². The average molecular weight is 552 g/mol. The van der Waals surface area contributed by atoms with Crippen LogP contribution in [-0.2, 0) is 13.1 Å². The van der Waals surface area contributed by atoms with Gasteiger partial charge in [-0.1, -0.05) is 18.2 Å². The van der Waals surface area contributed by atoms with Gasteiger partial charge in [-0.3, -0.25) is 0 Å². The molecule has 0 unspecified atom stereocenters. The molecule has 2 aromatic rings. The summed E-state index contributed by atoms with van der Waals surface area (Å²) in [6.07, 6.45) is 2.12. The average Bonchev–Trinajstić information content (AvgIpc) is 3.29. The Kier molecular flexibility index (Phi) is 9.28. The highest BCUT2D eigenvalue weighted by Gasteiger charge is 2.18. The molecule has 32 heavy (non-hydrogen) atoms. The van der Waals surface area contributed by atoms with Crippen LogP contribution in [0.15, 0.2) is 47.5 Å². The minimum Gasteiger partial charge on any atom is -0.454 e. The molecule has 174 valence electrons. The van der Waals surface area contributed by atoms with Crippen LogP contribution in [0.5, 0.6) is 11.5 Å². The van der Waals surface area contributed by atoms with E-state index in [0.29, 0.717) is 25.6 Å². The summed E-state index contributed by atoms with van der Waals surface area (Å²) in [5, 5.41) is 16.0. The number of fused-ring (bicyclic) bond motifs is 1. The van der Waals surface area contributed by atoms with Gasteiger partial charge in [-0.2, -0.15) is 0 Å². The van der Waals surface area contributed by atoms with E-state index in [1.54, 1.807) is 0 Å². The predicted molar refractivity (Wildman–Crippen MR) is 138 cm³/mol. The van der Waals surface area contributed by atoms with Crippen molar-refractivity contribution in [3.8, 4) is 11.5 Å². The Morgan fingerprint density at radius 1 is 1.03 bits per heavy atom. The number of hydrogen-bond acceptors (Lipinski definition) is 5. The molecule has 4 rings (SSSR count). The fourth-order valence-electron chi connectivity index (χ4n) is 3.94. The van der Waals surface area contributed by atoms with E-state index in [-0.39, 0.29) is 30.8 Å². The highest BCUT2D eigenvalue weighted by molar-refractivity contribution is 14.0. The van der Waals surface area contributed by atoms with Gasteiger partial charge < -0.3 is 30.1 Å². The SMILES string of the molecule is CCNC(=NCc1ccc2c(c1)OCO2)NCc1ccc(N2CCC(CO)CC2)cc1.I. The number of halogens is 1. The summed E-state index contributed by atoms with van der Waals surface area (Å²) in [6, 6.07) is 14.6. The number of rotatable bonds is 7. The summed E-state index contributed by atoms with van der Waals surface area (Å²) < 4.78 is 10.8. The number of piperidine rings is 1. The van der Waals surface area contributed by atoms with Crippen molar-refractivity contribution in [3.63, 3.8) is 0 Å². The third-order valence-electron chi connectivity index (χ3n) is 5.84. The molecule has 0 amide bonds. The lowest BCUT2D eigenvalue weighted by molar-refractivity contribution is 0.174. The molecule has 2 aliphatic rings. The number of aliphatic hydroxyl groups is 1. The molecule has 1 saturated heterocycles. The summed E-state index contributed by atoms with van der Waals surface area (Å²) in [6.45, 7) is 6.76. The molecule has 0 atom stereocenters. The van der Waals surface area contributed by atoms with E-state index in [1.807, 2.05) is 18.2 Å². The number of ether oxygens (including phenoxy) is 2. The Morgan fingerprint density at radius 2 is 1.75 bits per heavy atom. The van der Waals surface area contributed by atoms with Gasteiger partial charge in [0.1, 0.15) is 0 Å². The lowest BCUT2D eigenvalue weighted by Gasteiger charge is -2.33. The minimum absolute atomic E-state index is 0. The third kappa shape index (κ3) is 6.41. The monoisotopic (exact) mass is 552 g/mol. The van der Waals surface area contributed by atoms with Crippen molar-refractivity contribution >= 4 is 35.6 Å². The van der Waals surface area contributed by atoms with Crippen molar-refractivity contribution in [2.45, 2.75) is 32.9 Å². The van der Waals surface area contributed by atoms with E-state index < -0.39 is 0 Å². The number of benzene rings is 2. The van der Waals surface area contributed by atoms with Gasteiger partial charge in [0.25, 0.3) is 0 Å². The molecule has 2 aliphatic heterocycles. The number of aliphatic imine (C=N–C) groups is 1. The largest absolute Gasteiger partial charge is 0.454 e. The second-order valence-corrected chi connectivity index (χ2v) is 8.02. The second-order valence-electron chi connectivity index (χ2n) is 8.02. The van der Waals surface area contributed by atoms with E-state index in [2.05, 4.69) is 46.7 Å². The number of anilines is 1. The minimum atomic E-state index is 0. The molecular weight excluding hydrogens is 519 g/mol. The van der Waals surface area contributed by atoms with E-state index >= 15 is 0 Å². The Bertz CT molecular complexity index is 883. The van der Waals surface area contributed by atoms with Crippen LogP contribution in [0.1, 0.15) is 30.9 Å². The summed E-state index contributed by atoms with van der Waals surface area (Å²) in [7, 11) is 0. The first-order valence-electron chi connectivity index (χ1n) is 11.1. The Balaban J connectivity index is 0.00000289. The second kappa shape index (κ2) is 12.2. The number of nitrogens with zero attached hydrogens (tertiary/aromatic N) is 2. The molecule has 0 saturated carbocycles. The molecule has 7 nitrogen and oxygen atoms in total. The summed E-state index contributed by atoms with van der Waals surface area (Å²) in [5.41, 5.74) is 3.54. The first-order chi connectivity index (χ1) is 15.2. The molecule has 2 aromatic carbocycles. The zero-order chi connectivity index (χ0) is 21.5. The van der Waals surface area contributed by atoms with E-state index in [4.69, 9.17) is 14.5 Å². The summed E-state index contributed by atoms with van der Waals surface area (Å²) in [4.78, 5) is 7.10. The van der Waals surface area contributed by atoms with Gasteiger partial charge in [0.15, 0.2) is 17.5 Å². The molecular formula is C24H33IN4O3. The molecule has 0 aliphatic carbocycles. The van der Waals surface area contributed by atoms with Crippen LogP contribution in [0.25, 0.3) is 0 Å². The van der Waals surface area contributed by atoms with Crippen LogP contribution < -0.4 is 25.0 Å². The van der Waals surface area contributed by atoms with Crippen molar-refractivity contribution in [3.05, 3.63) is 53.6 Å². The van der Waals surface area contributed by atoms with Crippen LogP contribution in [0.4, 0.5) is 5.69 Å². The first-order valence-corrected chi connectivity index (χ1v) is 11.1. The lowest BCUT2D eigenvalue weighted by atomic mass is 9.97. The van der Waals surface area contributed by atoms with Crippen molar-refractivity contribution in [1.29, 1.82) is 0 Å². The highest BCUT2D eigenvalue weighted by Crippen LogP contribution is 2.32. The zero-order valence-electron chi connectivity index (χ0n) is 18.5. The van der Waals surface area contributed by atoms with Gasteiger partial charge in [0.2, 0.25) is 6.79 Å². The summed E-state index contributed by atoms with van der Waals surface area (Å²) in [5.74, 6) is 2.82. The van der Waals surface area contributed by atoms with Gasteiger partial charge in [-0.05, 0) is 61.1 Å². The Morgan fingerprint density at radius 3 is 2.47 bits per heavy atom. The Hall–Kier alpha value is -2.20. The van der Waals surface area contributed by atoms with Crippen molar-refractivity contribution < 1.29 is 14.6 Å². The summed E-state index contributed by atoms with van der Waals surface area (Å²) >= 11 is 0. The molecule has 3 N–H and O–H groups in total. The number of hydrogen-bond donors (Lipinski definition) is 3. The molecule has 0 spiro atoms. The smallest absolute Gasteiger partial charge is 0.231 e. The molecule has 1 fully saturated rings. The van der Waals surface area contributed by atoms with Crippen LogP contribution in [-0.4, -0.2) is 44.1 Å². The molecule has 0 radical (unpaired) electrons. The third-order valence-corrected chi connectivity index (χ3v) is 5.84. The van der Waals surface area contributed by atoms with Gasteiger partial charge in [-0.25, -0.2) is 4.99 Å². The predicted octanol–water partition coefficient (Wildman–Crippen LogP) is 3.50. The maximum atomic E-state index is 9.32. The highest BCUT2D eigenvalue weighted by atomic mass is 127. The van der Waals surface area contributed by atoms with Crippen LogP contribution in [0.2, 0.25) is 0 Å². The normalized spacial score (nSPS) is 15.9. The number of nitrogens with one attached hydrogen (secondary N) is 2. The molecule has 0 aromatic heterocycles. The van der Waals surface area contributed by atoms with Crippen molar-refractivity contribution in [2.75, 3.05) is 37.9 Å². The van der Waals surface area contributed by atoms with Crippen LogP contribution in [0, 0.1) is 5.92 Å². The van der Waals surface area contributed by atoms with Gasteiger partial charge >= 0.3 is 0 Å². The van der Waals surface area contributed by atoms with E-state index in [0.717, 1.165) is 55.5 Å². The van der Waals surface area contributed by atoms with E-state index in [9.17, 15) is 5.11 Å². The number of aliphatic hydroxyl groups excluding tert-OH is 1. The quantitative estimate of drug-likeness (QED) is 0.278. The number of guanidine groups is 1.